The molecule has 1 heterocycles. The van der Waals surface area contributed by atoms with Crippen molar-refractivity contribution >= 4 is 11.9 Å². The predicted octanol–water partition coefficient (Wildman–Crippen LogP) is 2.89. The number of carbonyl (C=O) groups excluding carboxylic acids is 2. The highest BCUT2D eigenvalue weighted by atomic mass is 16.6. The quantitative estimate of drug-likeness (QED) is 0.388. The van der Waals surface area contributed by atoms with E-state index >= 15 is 0 Å². The summed E-state index contributed by atoms with van der Waals surface area (Å²) in [6.45, 7) is 5.98. The molecule has 9 heteroatoms. The number of nitrogens with zero attached hydrogens (tertiary/aromatic N) is 3. The Labute approximate surface area is 211 Å². The molecular formula is C27H34N4O5. The summed E-state index contributed by atoms with van der Waals surface area (Å²) in [6, 6.07) is 17.2. The van der Waals surface area contributed by atoms with Crippen LogP contribution in [0.2, 0.25) is 0 Å². The number of esters is 1. The Kier molecular flexibility index (Phi) is 9.05. The van der Waals surface area contributed by atoms with Crippen LogP contribution in [0.4, 0.5) is 0 Å². The van der Waals surface area contributed by atoms with E-state index in [1.165, 1.54) is 11.8 Å². The van der Waals surface area contributed by atoms with Crippen molar-refractivity contribution in [2.45, 2.75) is 65.3 Å². The molecule has 0 aliphatic carbocycles. The highest BCUT2D eigenvalue weighted by Gasteiger charge is 2.31. The van der Waals surface area contributed by atoms with Crippen molar-refractivity contribution in [3.8, 4) is 5.75 Å². The molecule has 2 aromatic carbocycles. The van der Waals surface area contributed by atoms with Gasteiger partial charge in [-0.1, -0.05) is 42.5 Å². The third kappa shape index (κ3) is 7.07. The van der Waals surface area contributed by atoms with Gasteiger partial charge in [-0.25, -0.2) is 14.3 Å². The molecule has 36 heavy (non-hydrogen) atoms. The van der Waals surface area contributed by atoms with Gasteiger partial charge in [-0.05, 0) is 56.9 Å². The molecule has 0 bridgehead atoms. The molecule has 0 spiro atoms. The maximum absolute atomic E-state index is 12.7. The molecule has 0 saturated carbocycles. The minimum Gasteiger partial charge on any atom is -0.476 e. The summed E-state index contributed by atoms with van der Waals surface area (Å²) in [5.41, 5.74) is 0.738. The molecule has 1 aromatic heterocycles. The van der Waals surface area contributed by atoms with Gasteiger partial charge in [-0.15, -0.1) is 0 Å². The largest absolute Gasteiger partial charge is 0.476 e. The van der Waals surface area contributed by atoms with E-state index in [1.54, 1.807) is 18.4 Å². The number of hydrogen-bond acceptors (Lipinski definition) is 6. The SMILES string of the molecule is CCn1c(CCCc2ccc(OC(C)(C)C(=O)OC)cc2)nn(CC(=O)NCc2ccccc2)c1=O. The van der Waals surface area contributed by atoms with E-state index in [1.807, 2.05) is 61.5 Å². The number of amides is 1. The first kappa shape index (κ1) is 26.7. The standard InChI is InChI=1S/C27H34N4O5/c1-5-30-23(29-31(26(30)34)19-24(32)28-18-21-10-7-6-8-11-21)13-9-12-20-14-16-22(17-15-20)36-27(2,3)25(33)35-4/h6-8,10-11,14-17H,5,9,12-13,18-19H2,1-4H3,(H,28,32). The lowest BCUT2D eigenvalue weighted by molar-refractivity contribution is -0.156. The minimum absolute atomic E-state index is 0.116. The van der Waals surface area contributed by atoms with Crippen LogP contribution in [0, 0.1) is 0 Å². The van der Waals surface area contributed by atoms with Gasteiger partial charge in [0.25, 0.3) is 0 Å². The molecular weight excluding hydrogens is 460 g/mol. The van der Waals surface area contributed by atoms with E-state index in [-0.39, 0.29) is 18.1 Å². The molecule has 1 N–H and O–H groups in total. The third-order valence-corrected chi connectivity index (χ3v) is 5.78. The van der Waals surface area contributed by atoms with Crippen LogP contribution in [0.15, 0.2) is 59.4 Å². The fourth-order valence-corrected chi connectivity index (χ4v) is 3.84. The summed E-state index contributed by atoms with van der Waals surface area (Å²) in [7, 11) is 1.33. The summed E-state index contributed by atoms with van der Waals surface area (Å²) < 4.78 is 13.4. The second-order valence-corrected chi connectivity index (χ2v) is 8.96. The first-order valence-electron chi connectivity index (χ1n) is 12.1. The number of benzene rings is 2. The number of hydrogen-bond donors (Lipinski definition) is 1. The highest BCUT2D eigenvalue weighted by molar-refractivity contribution is 5.78. The summed E-state index contributed by atoms with van der Waals surface area (Å²) in [5.74, 6) is 0.545. The molecule has 3 aromatic rings. The molecule has 0 fully saturated rings. The molecule has 0 atom stereocenters. The van der Waals surface area contributed by atoms with E-state index in [9.17, 15) is 14.4 Å². The van der Waals surface area contributed by atoms with Gasteiger partial charge < -0.3 is 14.8 Å². The fourth-order valence-electron chi connectivity index (χ4n) is 3.84. The van der Waals surface area contributed by atoms with Gasteiger partial charge in [0.1, 0.15) is 18.1 Å². The average molecular weight is 495 g/mol. The Bertz CT molecular complexity index is 1210. The minimum atomic E-state index is -1.07. The van der Waals surface area contributed by atoms with Gasteiger partial charge in [-0.2, -0.15) is 5.10 Å². The first-order chi connectivity index (χ1) is 17.2. The summed E-state index contributed by atoms with van der Waals surface area (Å²) in [4.78, 5) is 36.9. The van der Waals surface area contributed by atoms with Crippen LogP contribution in [0.25, 0.3) is 0 Å². The number of methoxy groups -OCH3 is 1. The lowest BCUT2D eigenvalue weighted by atomic mass is 10.1. The number of carbonyl (C=O) groups is 2. The summed E-state index contributed by atoms with van der Waals surface area (Å²) in [5, 5.41) is 7.26. The Hall–Kier alpha value is -3.88. The van der Waals surface area contributed by atoms with E-state index < -0.39 is 11.6 Å². The van der Waals surface area contributed by atoms with Crippen molar-refractivity contribution in [3.05, 3.63) is 82.0 Å². The first-order valence-corrected chi connectivity index (χ1v) is 12.1. The fraction of sp³-hybridized carbons (Fsp3) is 0.407. The van der Waals surface area contributed by atoms with Crippen LogP contribution in [-0.4, -0.2) is 38.9 Å². The van der Waals surface area contributed by atoms with Crippen molar-refractivity contribution in [1.29, 1.82) is 0 Å². The zero-order valence-electron chi connectivity index (χ0n) is 21.3. The third-order valence-electron chi connectivity index (χ3n) is 5.78. The van der Waals surface area contributed by atoms with Gasteiger partial charge >= 0.3 is 11.7 Å². The lowest BCUT2D eigenvalue weighted by Crippen LogP contribution is -2.39. The van der Waals surface area contributed by atoms with Gasteiger partial charge in [0.15, 0.2) is 5.60 Å². The Morgan fingerprint density at radius 1 is 1.00 bits per heavy atom. The van der Waals surface area contributed by atoms with E-state index in [2.05, 4.69) is 10.4 Å². The average Bonchev–Trinajstić information content (AvgIpc) is 3.17. The van der Waals surface area contributed by atoms with Crippen molar-refractivity contribution < 1.29 is 19.1 Å². The van der Waals surface area contributed by atoms with Crippen LogP contribution >= 0.6 is 0 Å². The molecule has 0 aliphatic heterocycles. The molecule has 1 amide bonds. The van der Waals surface area contributed by atoms with E-state index in [4.69, 9.17) is 9.47 Å². The number of aryl methyl sites for hydroxylation is 2. The van der Waals surface area contributed by atoms with Gasteiger partial charge in [0, 0.05) is 19.5 Å². The van der Waals surface area contributed by atoms with Crippen LogP contribution in [0.5, 0.6) is 5.75 Å². The van der Waals surface area contributed by atoms with E-state index in [0.717, 1.165) is 24.0 Å². The second-order valence-electron chi connectivity index (χ2n) is 8.96. The maximum Gasteiger partial charge on any atom is 0.349 e. The number of ether oxygens (including phenoxy) is 2. The molecule has 0 aliphatic rings. The molecule has 192 valence electrons. The topological polar surface area (TPSA) is 104 Å². The van der Waals surface area contributed by atoms with Crippen molar-refractivity contribution in [2.24, 2.45) is 0 Å². The molecule has 0 radical (unpaired) electrons. The zero-order valence-corrected chi connectivity index (χ0v) is 21.3. The molecule has 0 unspecified atom stereocenters. The summed E-state index contributed by atoms with van der Waals surface area (Å²) in [6.07, 6.45) is 2.17. The van der Waals surface area contributed by atoms with Crippen LogP contribution in [-0.2, 0) is 46.8 Å². The Morgan fingerprint density at radius 2 is 1.69 bits per heavy atom. The summed E-state index contributed by atoms with van der Waals surface area (Å²) >= 11 is 0. The zero-order chi connectivity index (χ0) is 26.1. The smallest absolute Gasteiger partial charge is 0.349 e. The Balaban J connectivity index is 1.54. The van der Waals surface area contributed by atoms with Crippen molar-refractivity contribution in [1.82, 2.24) is 19.7 Å². The van der Waals surface area contributed by atoms with Crippen molar-refractivity contribution in [2.75, 3.05) is 7.11 Å². The molecule has 9 nitrogen and oxygen atoms in total. The second kappa shape index (κ2) is 12.2. The monoisotopic (exact) mass is 494 g/mol. The van der Waals surface area contributed by atoms with Crippen LogP contribution in [0.3, 0.4) is 0 Å². The van der Waals surface area contributed by atoms with Crippen LogP contribution in [0.1, 0.15) is 44.1 Å². The number of aromatic nitrogens is 3. The number of nitrogens with one attached hydrogen (secondary N) is 1. The highest BCUT2D eigenvalue weighted by Crippen LogP contribution is 2.20. The number of rotatable bonds is 12. The molecule has 3 rings (SSSR count). The molecule has 0 saturated heterocycles. The van der Waals surface area contributed by atoms with Gasteiger partial charge in [-0.3, -0.25) is 9.36 Å². The lowest BCUT2D eigenvalue weighted by Gasteiger charge is -2.23. The normalized spacial score (nSPS) is 11.2. The maximum atomic E-state index is 12.7. The Morgan fingerprint density at radius 3 is 2.33 bits per heavy atom. The predicted molar refractivity (Wildman–Crippen MR) is 136 cm³/mol. The van der Waals surface area contributed by atoms with Crippen molar-refractivity contribution in [3.63, 3.8) is 0 Å². The van der Waals surface area contributed by atoms with Crippen LogP contribution < -0.4 is 15.7 Å². The van der Waals surface area contributed by atoms with Gasteiger partial charge in [0.2, 0.25) is 5.91 Å². The van der Waals surface area contributed by atoms with Gasteiger partial charge in [0.05, 0.1) is 7.11 Å². The van der Waals surface area contributed by atoms with E-state index in [0.29, 0.717) is 31.1 Å².